The van der Waals surface area contributed by atoms with E-state index in [9.17, 15) is 0 Å². The molecule has 0 spiro atoms. The molecule has 0 N–H and O–H groups in total. The van der Waals surface area contributed by atoms with Crippen molar-refractivity contribution in [2.24, 2.45) is 7.05 Å². The van der Waals surface area contributed by atoms with E-state index in [2.05, 4.69) is 219 Å². The molecule has 0 aliphatic carbocycles. The van der Waals surface area contributed by atoms with Gasteiger partial charge in [-0.05, 0) is 68.3 Å². The summed E-state index contributed by atoms with van der Waals surface area (Å²) in [7, 11) is 2.12. The van der Waals surface area contributed by atoms with Gasteiger partial charge in [0.15, 0.2) is 0 Å². The fourth-order valence-electron chi connectivity index (χ4n) is 6.92. The molecule has 58 heavy (non-hydrogen) atoms. The zero-order valence-corrected chi connectivity index (χ0v) is 35.5. The Morgan fingerprint density at radius 2 is 0.569 bits per heavy atom. The lowest BCUT2D eigenvalue weighted by Gasteiger charge is -2.07. The minimum Gasteiger partial charge on any atom is -0.344 e. The lowest BCUT2D eigenvalue weighted by Crippen LogP contribution is -1.93. The van der Waals surface area contributed by atoms with E-state index < -0.39 is 0 Å². The van der Waals surface area contributed by atoms with Crippen LogP contribution in [-0.2, 0) is 7.05 Å². The Balaban J connectivity index is 0.000000150. The smallest absolute Gasteiger partial charge is 0.0541 e. The lowest BCUT2D eigenvalue weighted by atomic mass is 10.0. The summed E-state index contributed by atoms with van der Waals surface area (Å²) in [4.78, 5) is 0. The Hall–Kier alpha value is -6.64. The molecule has 0 atom stereocenters. The third-order valence-corrected chi connectivity index (χ3v) is 9.79. The number of aromatic nitrogens is 2. The number of nitrogens with zero attached hydrogens (tertiary/aromatic N) is 2. The van der Waals surface area contributed by atoms with E-state index in [0.29, 0.717) is 0 Å². The van der Waals surface area contributed by atoms with Crippen molar-refractivity contribution in [3.8, 4) is 16.8 Å². The van der Waals surface area contributed by atoms with Gasteiger partial charge in [0.05, 0.1) is 11.0 Å². The first-order valence-electron chi connectivity index (χ1n) is 20.6. The standard InChI is InChI=1S/C19H15N.C13H11N.C13H12.C7H8.2C2H6/c1-14-10-12-15(13-11-14)20-18-8-4-2-6-16(18)17-7-3-5-9-19(17)20;1-14-12-8-4-2-6-10(12)11-7-3-5-9-13(11)14;1-11-7-9-13(10-8-11)12-5-3-2-4-6-12;1-7-5-3-2-4-6-7;2*1-2/h2-13H,1H3;2-9H,1H3;2-10H,1H3;2-6H,1H3;2*1-2H3. The molecule has 0 saturated carbocycles. The molecule has 0 aliphatic rings. The fourth-order valence-corrected chi connectivity index (χ4v) is 6.92. The second-order valence-corrected chi connectivity index (χ2v) is 13.7. The first-order valence-corrected chi connectivity index (χ1v) is 20.6. The molecule has 10 rings (SSSR count). The highest BCUT2D eigenvalue weighted by atomic mass is 15.0. The topological polar surface area (TPSA) is 9.86 Å². The molecule has 0 fully saturated rings. The van der Waals surface area contributed by atoms with Gasteiger partial charge in [-0.3, -0.25) is 0 Å². The molecule has 8 aromatic carbocycles. The summed E-state index contributed by atoms with van der Waals surface area (Å²) in [6.07, 6.45) is 0. The molecule has 0 saturated heterocycles. The van der Waals surface area contributed by atoms with E-state index in [0.717, 1.165) is 0 Å². The summed E-state index contributed by atoms with van der Waals surface area (Å²) in [6.45, 7) is 14.3. The Labute approximate surface area is 346 Å². The number of hydrogen-bond acceptors (Lipinski definition) is 0. The van der Waals surface area contributed by atoms with Gasteiger partial charge in [-0.2, -0.15) is 0 Å². The van der Waals surface area contributed by atoms with Gasteiger partial charge in [-0.15, -0.1) is 0 Å². The van der Waals surface area contributed by atoms with E-state index >= 15 is 0 Å². The van der Waals surface area contributed by atoms with Crippen molar-refractivity contribution in [3.63, 3.8) is 0 Å². The van der Waals surface area contributed by atoms with Crippen molar-refractivity contribution in [2.75, 3.05) is 0 Å². The normalized spacial score (nSPS) is 10.1. The molecular weight excluding hydrogens is 701 g/mol. The number of para-hydroxylation sites is 4. The summed E-state index contributed by atoms with van der Waals surface area (Å²) in [5.74, 6) is 0. The van der Waals surface area contributed by atoms with Gasteiger partial charge in [0.1, 0.15) is 0 Å². The van der Waals surface area contributed by atoms with Crippen LogP contribution in [-0.4, -0.2) is 9.13 Å². The van der Waals surface area contributed by atoms with Crippen LogP contribution in [0.25, 0.3) is 60.4 Å². The maximum atomic E-state index is 2.34. The Kier molecular flexibility index (Phi) is 15.8. The Morgan fingerprint density at radius 3 is 0.966 bits per heavy atom. The highest BCUT2D eigenvalue weighted by Crippen LogP contribution is 2.32. The third kappa shape index (κ3) is 10.4. The van der Waals surface area contributed by atoms with Gasteiger partial charge in [0.25, 0.3) is 0 Å². The largest absolute Gasteiger partial charge is 0.344 e. The number of hydrogen-bond donors (Lipinski definition) is 0. The fraction of sp³-hybridized carbons (Fsp3) is 0.143. The zero-order chi connectivity index (χ0) is 41.3. The molecule has 2 aromatic heterocycles. The first-order chi connectivity index (χ1) is 28.5. The molecule has 0 radical (unpaired) electrons. The number of aryl methyl sites for hydroxylation is 4. The minimum atomic E-state index is 1.22. The molecule has 0 bridgehead atoms. The molecule has 0 aliphatic heterocycles. The van der Waals surface area contributed by atoms with Crippen molar-refractivity contribution in [3.05, 3.63) is 223 Å². The third-order valence-electron chi connectivity index (χ3n) is 9.79. The van der Waals surface area contributed by atoms with Crippen LogP contribution >= 0.6 is 0 Å². The van der Waals surface area contributed by atoms with Crippen molar-refractivity contribution in [2.45, 2.75) is 48.5 Å². The number of rotatable bonds is 2. The van der Waals surface area contributed by atoms with Crippen LogP contribution in [0.15, 0.2) is 206 Å². The van der Waals surface area contributed by atoms with Crippen LogP contribution in [0.1, 0.15) is 44.4 Å². The predicted molar refractivity (Wildman–Crippen MR) is 256 cm³/mol. The van der Waals surface area contributed by atoms with Gasteiger partial charge in [0, 0.05) is 45.3 Å². The number of fused-ring (bicyclic) bond motifs is 6. The SMILES string of the molecule is CC.CC.Cc1ccc(-c2ccccc2)cc1.Cc1ccc(-n2c3ccccc3c3ccccc32)cc1.Cc1ccccc1.Cn1c2ccccc2c2ccccc21. The Morgan fingerprint density at radius 1 is 0.276 bits per heavy atom. The monoisotopic (exact) mass is 758 g/mol. The van der Waals surface area contributed by atoms with Crippen LogP contribution in [0.3, 0.4) is 0 Å². The molecule has 0 amide bonds. The molecule has 0 unspecified atom stereocenters. The second-order valence-electron chi connectivity index (χ2n) is 13.7. The van der Waals surface area contributed by atoms with Gasteiger partial charge in [-0.25, -0.2) is 0 Å². The molecular formula is C56H58N2. The summed E-state index contributed by atoms with van der Waals surface area (Å²) >= 11 is 0. The molecule has 292 valence electrons. The lowest BCUT2D eigenvalue weighted by molar-refractivity contribution is 1.01. The summed E-state index contributed by atoms with van der Waals surface area (Å²) in [6, 6.07) is 72.2. The molecule has 2 heteroatoms. The van der Waals surface area contributed by atoms with Gasteiger partial charge in [0.2, 0.25) is 0 Å². The molecule has 2 heterocycles. The average molecular weight is 759 g/mol. The maximum Gasteiger partial charge on any atom is 0.0541 e. The highest BCUT2D eigenvalue weighted by molar-refractivity contribution is 6.09. The summed E-state index contributed by atoms with van der Waals surface area (Å²) in [5.41, 5.74) is 12.8. The van der Waals surface area contributed by atoms with Gasteiger partial charge >= 0.3 is 0 Å². The first kappa shape index (κ1) is 42.5. The Bertz CT molecular complexity index is 2610. The van der Waals surface area contributed by atoms with E-state index in [1.165, 1.54) is 77.1 Å². The van der Waals surface area contributed by atoms with Gasteiger partial charge in [-0.1, -0.05) is 214 Å². The van der Waals surface area contributed by atoms with Crippen molar-refractivity contribution >= 4 is 43.6 Å². The predicted octanol–water partition coefficient (Wildman–Crippen LogP) is 16.1. The van der Waals surface area contributed by atoms with E-state index in [1.54, 1.807) is 0 Å². The van der Waals surface area contributed by atoms with Crippen LogP contribution < -0.4 is 0 Å². The van der Waals surface area contributed by atoms with Crippen molar-refractivity contribution < 1.29 is 0 Å². The van der Waals surface area contributed by atoms with Crippen LogP contribution in [0, 0.1) is 20.8 Å². The molecule has 2 nitrogen and oxygen atoms in total. The van der Waals surface area contributed by atoms with Crippen LogP contribution in [0.5, 0.6) is 0 Å². The highest BCUT2D eigenvalue weighted by Gasteiger charge is 2.10. The maximum absolute atomic E-state index is 2.34. The van der Waals surface area contributed by atoms with Gasteiger partial charge < -0.3 is 9.13 Å². The number of benzene rings is 8. The summed E-state index contributed by atoms with van der Waals surface area (Å²) in [5, 5.41) is 5.29. The zero-order valence-electron chi connectivity index (χ0n) is 35.5. The van der Waals surface area contributed by atoms with E-state index in [4.69, 9.17) is 0 Å². The van der Waals surface area contributed by atoms with E-state index in [1.807, 2.05) is 52.0 Å². The van der Waals surface area contributed by atoms with E-state index in [-0.39, 0.29) is 0 Å². The van der Waals surface area contributed by atoms with Crippen LogP contribution in [0.4, 0.5) is 0 Å². The van der Waals surface area contributed by atoms with Crippen molar-refractivity contribution in [1.29, 1.82) is 0 Å². The average Bonchev–Trinajstić information content (AvgIpc) is 3.79. The van der Waals surface area contributed by atoms with Crippen molar-refractivity contribution in [1.82, 2.24) is 9.13 Å². The van der Waals surface area contributed by atoms with Crippen LogP contribution in [0.2, 0.25) is 0 Å². The second kappa shape index (κ2) is 21.6. The minimum absolute atomic E-state index is 1.22. The summed E-state index contributed by atoms with van der Waals surface area (Å²) < 4.78 is 4.58. The quantitative estimate of drug-likeness (QED) is 0.166. The molecule has 10 aromatic rings.